The van der Waals surface area contributed by atoms with Gasteiger partial charge in [0.25, 0.3) is 5.91 Å². The Balaban J connectivity index is 1.79. The van der Waals surface area contributed by atoms with Gasteiger partial charge >= 0.3 is 0 Å². The molecule has 2 aromatic rings. The normalized spacial score (nSPS) is 18.5. The minimum absolute atomic E-state index is 0.0156. The number of carbonyl (C=O) groups is 1. The van der Waals surface area contributed by atoms with E-state index in [0.717, 1.165) is 12.1 Å². The number of halogens is 1. The number of carbonyl (C=O) groups excluding carboxylic acids is 1. The van der Waals surface area contributed by atoms with Gasteiger partial charge in [-0.3, -0.25) is 4.79 Å². The second-order valence-corrected chi connectivity index (χ2v) is 5.39. The van der Waals surface area contributed by atoms with Crippen molar-refractivity contribution in [2.24, 2.45) is 5.73 Å². The molecule has 0 radical (unpaired) electrons. The van der Waals surface area contributed by atoms with Crippen molar-refractivity contribution in [2.45, 2.75) is 12.5 Å². The summed E-state index contributed by atoms with van der Waals surface area (Å²) in [5, 5.41) is 4.89. The molecule has 5 nitrogen and oxygen atoms in total. The second kappa shape index (κ2) is 5.26. The van der Waals surface area contributed by atoms with Gasteiger partial charge in [0.1, 0.15) is 0 Å². The zero-order valence-electron chi connectivity index (χ0n) is 10.9. The molecule has 2 N–H and O–H groups in total. The average Bonchev–Trinajstić information content (AvgIpc) is 3.08. The van der Waals surface area contributed by atoms with E-state index in [4.69, 9.17) is 17.3 Å². The highest BCUT2D eigenvalue weighted by Crippen LogP contribution is 2.16. The molecular formula is C14H15ClN4O. The van der Waals surface area contributed by atoms with Gasteiger partial charge in [0.05, 0.1) is 17.4 Å². The van der Waals surface area contributed by atoms with Gasteiger partial charge in [-0.05, 0) is 30.7 Å². The zero-order chi connectivity index (χ0) is 14.1. The van der Waals surface area contributed by atoms with Crippen LogP contribution in [0.15, 0.2) is 36.7 Å². The summed E-state index contributed by atoms with van der Waals surface area (Å²) < 4.78 is 1.67. The Morgan fingerprint density at radius 2 is 2.10 bits per heavy atom. The highest BCUT2D eigenvalue weighted by molar-refractivity contribution is 6.30. The number of hydrogen-bond donors (Lipinski definition) is 1. The van der Waals surface area contributed by atoms with Crippen LogP contribution in [-0.2, 0) is 0 Å². The fraction of sp³-hybridized carbons (Fsp3) is 0.286. The first-order valence-corrected chi connectivity index (χ1v) is 6.87. The van der Waals surface area contributed by atoms with Crippen molar-refractivity contribution in [1.29, 1.82) is 0 Å². The summed E-state index contributed by atoms with van der Waals surface area (Å²) in [5.74, 6) is -0.0156. The van der Waals surface area contributed by atoms with E-state index < -0.39 is 0 Å². The van der Waals surface area contributed by atoms with Gasteiger partial charge in [-0.2, -0.15) is 5.10 Å². The van der Waals surface area contributed by atoms with Gasteiger partial charge in [0.15, 0.2) is 0 Å². The first kappa shape index (κ1) is 13.1. The maximum Gasteiger partial charge on any atom is 0.257 e. The van der Waals surface area contributed by atoms with E-state index >= 15 is 0 Å². The van der Waals surface area contributed by atoms with Crippen molar-refractivity contribution >= 4 is 17.5 Å². The van der Waals surface area contributed by atoms with Gasteiger partial charge < -0.3 is 10.6 Å². The van der Waals surface area contributed by atoms with E-state index in [1.54, 1.807) is 34.1 Å². The Hall–Kier alpha value is -1.85. The smallest absolute Gasteiger partial charge is 0.257 e. The Kier molecular flexibility index (Phi) is 3.46. The van der Waals surface area contributed by atoms with Crippen LogP contribution < -0.4 is 5.73 Å². The lowest BCUT2D eigenvalue weighted by Crippen LogP contribution is -2.31. The number of rotatable bonds is 2. The molecule has 1 saturated heterocycles. The van der Waals surface area contributed by atoms with Crippen molar-refractivity contribution in [3.05, 3.63) is 47.2 Å². The largest absolute Gasteiger partial charge is 0.337 e. The predicted octanol–water partition coefficient (Wildman–Crippen LogP) is 1.70. The van der Waals surface area contributed by atoms with Crippen LogP contribution in [0.2, 0.25) is 5.02 Å². The third kappa shape index (κ3) is 2.55. The Morgan fingerprint density at radius 1 is 1.35 bits per heavy atom. The van der Waals surface area contributed by atoms with Crippen molar-refractivity contribution in [3.63, 3.8) is 0 Å². The molecule has 104 valence electrons. The van der Waals surface area contributed by atoms with Crippen LogP contribution in [0.25, 0.3) is 5.69 Å². The van der Waals surface area contributed by atoms with Crippen LogP contribution in [0, 0.1) is 0 Å². The number of likely N-dealkylation sites (tertiary alicyclic amines) is 1. The number of nitrogens with zero attached hydrogens (tertiary/aromatic N) is 3. The number of amides is 1. The van der Waals surface area contributed by atoms with Gasteiger partial charge in [-0.15, -0.1) is 0 Å². The van der Waals surface area contributed by atoms with E-state index in [-0.39, 0.29) is 11.9 Å². The Morgan fingerprint density at radius 3 is 2.75 bits per heavy atom. The summed E-state index contributed by atoms with van der Waals surface area (Å²) in [6.07, 6.45) is 4.17. The van der Waals surface area contributed by atoms with Crippen LogP contribution in [0.3, 0.4) is 0 Å². The number of aromatic nitrogens is 2. The van der Waals surface area contributed by atoms with Crippen molar-refractivity contribution < 1.29 is 4.79 Å². The first-order valence-electron chi connectivity index (χ1n) is 6.49. The number of nitrogens with two attached hydrogens (primary N) is 1. The molecule has 1 fully saturated rings. The van der Waals surface area contributed by atoms with Crippen LogP contribution in [-0.4, -0.2) is 39.7 Å². The molecule has 1 atom stereocenters. The number of hydrogen-bond acceptors (Lipinski definition) is 3. The topological polar surface area (TPSA) is 64.2 Å². The molecule has 0 bridgehead atoms. The van der Waals surface area contributed by atoms with Gasteiger partial charge in [0, 0.05) is 30.4 Å². The third-order valence-electron chi connectivity index (χ3n) is 3.43. The van der Waals surface area contributed by atoms with E-state index in [1.807, 2.05) is 12.1 Å². The van der Waals surface area contributed by atoms with E-state index in [9.17, 15) is 4.79 Å². The molecule has 1 aromatic carbocycles. The molecule has 1 amide bonds. The van der Waals surface area contributed by atoms with E-state index in [2.05, 4.69) is 5.10 Å². The average molecular weight is 291 g/mol. The fourth-order valence-corrected chi connectivity index (χ4v) is 2.45. The highest BCUT2D eigenvalue weighted by atomic mass is 35.5. The monoisotopic (exact) mass is 290 g/mol. The Bertz CT molecular complexity index is 622. The lowest BCUT2D eigenvalue weighted by molar-refractivity contribution is 0.0791. The lowest BCUT2D eigenvalue weighted by atomic mass is 10.3. The summed E-state index contributed by atoms with van der Waals surface area (Å²) in [4.78, 5) is 14.1. The third-order valence-corrected chi connectivity index (χ3v) is 3.68. The minimum atomic E-state index is -0.0156. The standard InChI is InChI=1S/C14H15ClN4O/c15-11-1-3-13(4-2-11)19-8-10(7-17-19)14(20)18-6-5-12(16)9-18/h1-4,7-8,12H,5-6,9,16H2/t12-/m1/s1. The molecule has 0 spiro atoms. The fourth-order valence-electron chi connectivity index (χ4n) is 2.32. The van der Waals surface area contributed by atoms with Crippen LogP contribution >= 0.6 is 11.6 Å². The highest BCUT2D eigenvalue weighted by Gasteiger charge is 2.25. The minimum Gasteiger partial charge on any atom is -0.337 e. The van der Waals surface area contributed by atoms with E-state index in [0.29, 0.717) is 23.7 Å². The number of benzene rings is 1. The summed E-state index contributed by atoms with van der Waals surface area (Å²) in [6.45, 7) is 1.33. The van der Waals surface area contributed by atoms with Gasteiger partial charge in [-0.1, -0.05) is 11.6 Å². The molecule has 20 heavy (non-hydrogen) atoms. The quantitative estimate of drug-likeness (QED) is 0.915. The molecule has 3 rings (SSSR count). The van der Waals surface area contributed by atoms with Crippen molar-refractivity contribution in [1.82, 2.24) is 14.7 Å². The molecule has 1 aliphatic heterocycles. The summed E-state index contributed by atoms with van der Waals surface area (Å²) >= 11 is 5.85. The molecule has 6 heteroatoms. The zero-order valence-corrected chi connectivity index (χ0v) is 11.6. The predicted molar refractivity (Wildman–Crippen MR) is 77.1 cm³/mol. The maximum atomic E-state index is 12.3. The summed E-state index contributed by atoms with van der Waals surface area (Å²) in [5.41, 5.74) is 7.27. The molecular weight excluding hydrogens is 276 g/mol. The van der Waals surface area contributed by atoms with Crippen LogP contribution in [0.1, 0.15) is 16.8 Å². The summed E-state index contributed by atoms with van der Waals surface area (Å²) in [6, 6.07) is 7.38. The SMILES string of the molecule is N[C@@H]1CCN(C(=O)c2cnn(-c3ccc(Cl)cc3)c2)C1. The van der Waals surface area contributed by atoms with Crippen LogP contribution in [0.4, 0.5) is 0 Å². The van der Waals surface area contributed by atoms with Gasteiger partial charge in [0.2, 0.25) is 0 Å². The molecule has 1 aliphatic rings. The van der Waals surface area contributed by atoms with E-state index in [1.165, 1.54) is 0 Å². The lowest BCUT2D eigenvalue weighted by Gasteiger charge is -2.14. The molecule has 0 saturated carbocycles. The van der Waals surface area contributed by atoms with Crippen molar-refractivity contribution in [3.8, 4) is 5.69 Å². The summed E-state index contributed by atoms with van der Waals surface area (Å²) in [7, 11) is 0. The van der Waals surface area contributed by atoms with Crippen molar-refractivity contribution in [2.75, 3.05) is 13.1 Å². The molecule has 0 unspecified atom stereocenters. The maximum absolute atomic E-state index is 12.3. The van der Waals surface area contributed by atoms with Gasteiger partial charge in [-0.25, -0.2) is 4.68 Å². The first-order chi connectivity index (χ1) is 9.63. The molecule has 1 aromatic heterocycles. The van der Waals surface area contributed by atoms with Crippen LogP contribution in [0.5, 0.6) is 0 Å². The Labute approximate surface area is 121 Å². The second-order valence-electron chi connectivity index (χ2n) is 4.95. The molecule has 0 aliphatic carbocycles. The molecule has 2 heterocycles.